The van der Waals surface area contributed by atoms with Gasteiger partial charge in [-0.25, -0.2) is 0 Å². The maximum atomic E-state index is 5.83. The van der Waals surface area contributed by atoms with Crippen LogP contribution in [0.4, 0.5) is 0 Å². The van der Waals surface area contributed by atoms with E-state index in [1.165, 1.54) is 12.2 Å². The molecule has 3 nitrogen and oxygen atoms in total. The van der Waals surface area contributed by atoms with Gasteiger partial charge in [0.2, 0.25) is 0 Å². The molecule has 1 atom stereocenters. The van der Waals surface area contributed by atoms with Crippen LogP contribution in [0.5, 0.6) is 0 Å². The molecule has 1 unspecified atom stereocenters. The maximum Gasteiger partial charge on any atom is 0.0589 e. The highest BCUT2D eigenvalue weighted by molar-refractivity contribution is 7.98. The summed E-state index contributed by atoms with van der Waals surface area (Å²) in [5.74, 6) is 1.18. The van der Waals surface area contributed by atoms with E-state index in [0.29, 0.717) is 12.1 Å². The highest BCUT2D eigenvalue weighted by Gasteiger charge is 2.18. The van der Waals surface area contributed by atoms with Crippen LogP contribution in [0.2, 0.25) is 0 Å². The minimum atomic E-state index is 0.493. The molecular formula is C11H26N2OS. The van der Waals surface area contributed by atoms with Gasteiger partial charge in [-0.1, -0.05) is 0 Å². The molecule has 0 bridgehead atoms. The Labute approximate surface area is 98.7 Å². The minimum Gasteiger partial charge on any atom is -0.383 e. The van der Waals surface area contributed by atoms with Crippen LogP contribution in [-0.4, -0.2) is 55.8 Å². The number of hydrogen-bond donors (Lipinski definition) is 1. The Morgan fingerprint density at radius 3 is 2.47 bits per heavy atom. The number of nitrogens with two attached hydrogens (primary N) is 1. The van der Waals surface area contributed by atoms with Crippen molar-refractivity contribution in [1.82, 2.24) is 4.90 Å². The van der Waals surface area contributed by atoms with Crippen LogP contribution >= 0.6 is 11.8 Å². The second kappa shape index (κ2) is 9.46. The van der Waals surface area contributed by atoms with Gasteiger partial charge in [-0.3, -0.25) is 4.90 Å². The Hall–Kier alpha value is 0.230. The third-order valence-electron chi connectivity index (χ3n) is 2.61. The summed E-state index contributed by atoms with van der Waals surface area (Å²) in [4.78, 5) is 2.44. The Balaban J connectivity index is 4.13. The fourth-order valence-electron chi connectivity index (χ4n) is 1.73. The molecule has 0 saturated carbocycles. The summed E-state index contributed by atoms with van der Waals surface area (Å²) >= 11 is 1.88. The molecule has 0 aliphatic rings. The summed E-state index contributed by atoms with van der Waals surface area (Å²) in [6.45, 7) is 6.94. The number of hydrogen-bond acceptors (Lipinski definition) is 4. The van der Waals surface area contributed by atoms with E-state index in [4.69, 9.17) is 10.5 Å². The van der Waals surface area contributed by atoms with Crippen LogP contribution < -0.4 is 5.73 Å². The number of nitrogens with zero attached hydrogens (tertiary/aromatic N) is 1. The normalized spacial score (nSPS) is 13.8. The zero-order chi connectivity index (χ0) is 11.7. The summed E-state index contributed by atoms with van der Waals surface area (Å²) in [5.41, 5.74) is 5.83. The SMILES string of the molecule is COCCN(C(C)C)C(CN)CCSC. The fourth-order valence-corrected chi connectivity index (χ4v) is 2.24. The molecular weight excluding hydrogens is 208 g/mol. The predicted octanol–water partition coefficient (Wildman–Crippen LogP) is 1.42. The Bertz CT molecular complexity index is 145. The van der Waals surface area contributed by atoms with Crippen LogP contribution in [0.25, 0.3) is 0 Å². The summed E-state index contributed by atoms with van der Waals surface area (Å²) < 4.78 is 5.13. The highest BCUT2D eigenvalue weighted by atomic mass is 32.2. The molecule has 0 heterocycles. The van der Waals surface area contributed by atoms with Gasteiger partial charge < -0.3 is 10.5 Å². The lowest BCUT2D eigenvalue weighted by Crippen LogP contribution is -2.46. The first-order valence-corrected chi connectivity index (χ1v) is 7.00. The highest BCUT2D eigenvalue weighted by Crippen LogP contribution is 2.10. The molecule has 0 amide bonds. The van der Waals surface area contributed by atoms with Gasteiger partial charge in [0.15, 0.2) is 0 Å². The number of ether oxygens (including phenoxy) is 1. The third kappa shape index (κ3) is 6.40. The molecule has 0 radical (unpaired) electrons. The fraction of sp³-hybridized carbons (Fsp3) is 1.00. The number of rotatable bonds is 9. The Morgan fingerprint density at radius 2 is 2.07 bits per heavy atom. The summed E-state index contributed by atoms with van der Waals surface area (Å²) in [6, 6.07) is 1.03. The van der Waals surface area contributed by atoms with Gasteiger partial charge in [-0.05, 0) is 32.3 Å². The minimum absolute atomic E-state index is 0.493. The lowest BCUT2D eigenvalue weighted by molar-refractivity contribution is 0.0968. The molecule has 0 aromatic rings. The van der Waals surface area contributed by atoms with Gasteiger partial charge in [0, 0.05) is 32.3 Å². The van der Waals surface area contributed by atoms with E-state index in [1.54, 1.807) is 7.11 Å². The lowest BCUT2D eigenvalue weighted by Gasteiger charge is -2.34. The largest absolute Gasteiger partial charge is 0.383 e. The third-order valence-corrected chi connectivity index (χ3v) is 3.26. The number of methoxy groups -OCH3 is 1. The van der Waals surface area contributed by atoms with E-state index < -0.39 is 0 Å². The van der Waals surface area contributed by atoms with Crippen molar-refractivity contribution in [2.75, 3.05) is 38.8 Å². The average Bonchev–Trinajstić information content (AvgIpc) is 2.22. The van der Waals surface area contributed by atoms with E-state index in [9.17, 15) is 0 Å². The first kappa shape index (κ1) is 15.2. The standard InChI is InChI=1S/C11H26N2OS/c1-10(2)13(6-7-14-3)11(9-12)5-8-15-4/h10-11H,5-9,12H2,1-4H3. The molecule has 92 valence electrons. The smallest absolute Gasteiger partial charge is 0.0589 e. The Kier molecular flexibility index (Phi) is 9.60. The van der Waals surface area contributed by atoms with E-state index in [-0.39, 0.29) is 0 Å². The van der Waals surface area contributed by atoms with E-state index in [2.05, 4.69) is 25.0 Å². The van der Waals surface area contributed by atoms with Gasteiger partial charge in [0.05, 0.1) is 6.61 Å². The summed E-state index contributed by atoms with van der Waals surface area (Å²) in [6.07, 6.45) is 3.31. The summed E-state index contributed by atoms with van der Waals surface area (Å²) in [5, 5.41) is 0. The first-order chi connectivity index (χ1) is 7.17. The monoisotopic (exact) mass is 234 g/mol. The van der Waals surface area contributed by atoms with Crippen LogP contribution in [0.1, 0.15) is 20.3 Å². The van der Waals surface area contributed by atoms with Crippen molar-refractivity contribution in [1.29, 1.82) is 0 Å². The maximum absolute atomic E-state index is 5.83. The topological polar surface area (TPSA) is 38.5 Å². The molecule has 0 aromatic carbocycles. The van der Waals surface area contributed by atoms with Crippen LogP contribution in [-0.2, 0) is 4.74 Å². The van der Waals surface area contributed by atoms with E-state index >= 15 is 0 Å². The molecule has 2 N–H and O–H groups in total. The van der Waals surface area contributed by atoms with Crippen LogP contribution in [0.15, 0.2) is 0 Å². The van der Waals surface area contributed by atoms with Gasteiger partial charge >= 0.3 is 0 Å². The van der Waals surface area contributed by atoms with E-state index in [0.717, 1.165) is 19.7 Å². The van der Waals surface area contributed by atoms with Crippen molar-refractivity contribution in [3.05, 3.63) is 0 Å². The van der Waals surface area contributed by atoms with Crippen molar-refractivity contribution in [2.24, 2.45) is 5.73 Å². The molecule has 4 heteroatoms. The number of thioether (sulfide) groups is 1. The Morgan fingerprint density at radius 1 is 1.40 bits per heavy atom. The van der Waals surface area contributed by atoms with Gasteiger partial charge in [0.1, 0.15) is 0 Å². The quantitative estimate of drug-likeness (QED) is 0.655. The van der Waals surface area contributed by atoms with Gasteiger partial charge in [-0.15, -0.1) is 0 Å². The molecule has 0 saturated heterocycles. The van der Waals surface area contributed by atoms with Crippen LogP contribution in [0.3, 0.4) is 0 Å². The first-order valence-electron chi connectivity index (χ1n) is 5.61. The van der Waals surface area contributed by atoms with Crippen molar-refractivity contribution >= 4 is 11.8 Å². The molecule has 0 fully saturated rings. The van der Waals surface area contributed by atoms with Crippen molar-refractivity contribution < 1.29 is 4.74 Å². The molecule has 0 spiro atoms. The van der Waals surface area contributed by atoms with Gasteiger partial charge in [0.25, 0.3) is 0 Å². The predicted molar refractivity (Wildman–Crippen MR) is 69.6 cm³/mol. The van der Waals surface area contributed by atoms with E-state index in [1.807, 2.05) is 11.8 Å². The van der Waals surface area contributed by atoms with Crippen molar-refractivity contribution in [2.45, 2.75) is 32.4 Å². The zero-order valence-corrected chi connectivity index (χ0v) is 11.3. The second-order valence-electron chi connectivity index (χ2n) is 4.00. The lowest BCUT2D eigenvalue weighted by atomic mass is 10.1. The molecule has 0 aliphatic heterocycles. The average molecular weight is 234 g/mol. The molecule has 0 aromatic heterocycles. The van der Waals surface area contributed by atoms with Crippen molar-refractivity contribution in [3.63, 3.8) is 0 Å². The molecule has 0 rings (SSSR count). The van der Waals surface area contributed by atoms with Crippen LogP contribution in [0, 0.1) is 0 Å². The zero-order valence-electron chi connectivity index (χ0n) is 10.5. The summed E-state index contributed by atoms with van der Waals surface area (Å²) in [7, 11) is 1.75. The van der Waals surface area contributed by atoms with Crippen molar-refractivity contribution in [3.8, 4) is 0 Å². The molecule has 0 aliphatic carbocycles. The van der Waals surface area contributed by atoms with Gasteiger partial charge in [-0.2, -0.15) is 11.8 Å². The second-order valence-corrected chi connectivity index (χ2v) is 4.98. The molecule has 15 heavy (non-hydrogen) atoms.